The first-order valence-corrected chi connectivity index (χ1v) is 8.32. The van der Waals surface area contributed by atoms with Gasteiger partial charge in [0, 0.05) is 6.20 Å². The zero-order valence-corrected chi connectivity index (χ0v) is 15.6. The summed E-state index contributed by atoms with van der Waals surface area (Å²) in [7, 11) is 0. The molecule has 0 radical (unpaired) electrons. The number of pyridine rings is 1. The Kier molecular flexibility index (Phi) is 6.85. The Hall–Kier alpha value is -2.81. The van der Waals surface area contributed by atoms with E-state index < -0.39 is 41.9 Å². The summed E-state index contributed by atoms with van der Waals surface area (Å²) in [6, 6.07) is 6.12. The topological polar surface area (TPSA) is 77.5 Å². The minimum Gasteiger partial charge on any atom is -0.482 e. The molecule has 0 bridgehead atoms. The number of benzene rings is 1. The molecule has 0 aliphatic carbocycles. The van der Waals surface area contributed by atoms with Crippen LogP contribution >= 0.6 is 11.6 Å². The van der Waals surface area contributed by atoms with Crippen molar-refractivity contribution in [2.45, 2.75) is 20.0 Å². The number of amides is 1. The van der Waals surface area contributed by atoms with E-state index in [2.05, 4.69) is 10.3 Å². The van der Waals surface area contributed by atoms with Gasteiger partial charge in [-0.2, -0.15) is 13.2 Å². The Balaban J connectivity index is 1.83. The van der Waals surface area contributed by atoms with E-state index in [0.29, 0.717) is 18.0 Å². The van der Waals surface area contributed by atoms with Crippen LogP contribution < -0.4 is 10.1 Å². The number of anilines is 1. The number of rotatable bonds is 6. The van der Waals surface area contributed by atoms with Crippen LogP contribution in [0.4, 0.5) is 19.0 Å². The van der Waals surface area contributed by atoms with Gasteiger partial charge in [-0.05, 0) is 37.1 Å². The fourth-order valence-electron chi connectivity index (χ4n) is 2.04. The Bertz CT molecular complexity index is 888. The smallest absolute Gasteiger partial charge is 0.417 e. The molecule has 1 aromatic heterocycles. The third-order valence-electron chi connectivity index (χ3n) is 3.48. The van der Waals surface area contributed by atoms with E-state index in [1.54, 1.807) is 6.07 Å². The number of nitrogens with one attached hydrogen (secondary N) is 1. The van der Waals surface area contributed by atoms with E-state index in [-0.39, 0.29) is 5.82 Å². The van der Waals surface area contributed by atoms with Crippen molar-refractivity contribution >= 4 is 29.3 Å². The van der Waals surface area contributed by atoms with Crippen molar-refractivity contribution in [1.82, 2.24) is 4.98 Å². The van der Waals surface area contributed by atoms with Crippen LogP contribution in [0.3, 0.4) is 0 Å². The highest BCUT2D eigenvalue weighted by Gasteiger charge is 2.31. The van der Waals surface area contributed by atoms with Gasteiger partial charge in [0.2, 0.25) is 0 Å². The van der Waals surface area contributed by atoms with Gasteiger partial charge in [-0.15, -0.1) is 0 Å². The van der Waals surface area contributed by atoms with Crippen LogP contribution in [0.15, 0.2) is 30.5 Å². The number of carbonyl (C=O) groups excluding carboxylic acids is 2. The quantitative estimate of drug-likeness (QED) is 0.722. The summed E-state index contributed by atoms with van der Waals surface area (Å²) >= 11 is 5.68. The van der Waals surface area contributed by atoms with Gasteiger partial charge in [-0.25, -0.2) is 9.78 Å². The van der Waals surface area contributed by atoms with Crippen molar-refractivity contribution in [3.05, 3.63) is 52.2 Å². The van der Waals surface area contributed by atoms with Gasteiger partial charge in [0.15, 0.2) is 19.0 Å². The SMILES string of the molecule is Cc1ccc(C)c(OCC(=O)OCC(=O)Nc2ncc(C(F)(F)F)cc2Cl)c1. The highest BCUT2D eigenvalue weighted by Crippen LogP contribution is 2.32. The predicted octanol–water partition coefficient (Wildman–Crippen LogP) is 3.93. The lowest BCUT2D eigenvalue weighted by atomic mass is 10.1. The van der Waals surface area contributed by atoms with Gasteiger partial charge in [0.25, 0.3) is 5.91 Å². The van der Waals surface area contributed by atoms with E-state index in [1.807, 2.05) is 26.0 Å². The predicted molar refractivity (Wildman–Crippen MR) is 95.2 cm³/mol. The summed E-state index contributed by atoms with van der Waals surface area (Å²) in [5.41, 5.74) is 0.735. The monoisotopic (exact) mass is 416 g/mol. The molecule has 0 fully saturated rings. The molecule has 0 unspecified atom stereocenters. The maximum absolute atomic E-state index is 12.6. The number of hydrogen-bond acceptors (Lipinski definition) is 5. The number of aryl methyl sites for hydroxylation is 2. The van der Waals surface area contributed by atoms with Crippen molar-refractivity contribution < 1.29 is 32.2 Å². The lowest BCUT2D eigenvalue weighted by molar-refractivity contribution is -0.149. The molecule has 0 aliphatic heterocycles. The second-order valence-electron chi connectivity index (χ2n) is 5.82. The fourth-order valence-corrected chi connectivity index (χ4v) is 2.25. The summed E-state index contributed by atoms with van der Waals surface area (Å²) < 4.78 is 47.8. The van der Waals surface area contributed by atoms with Gasteiger partial charge < -0.3 is 14.8 Å². The van der Waals surface area contributed by atoms with E-state index in [0.717, 1.165) is 11.1 Å². The first kappa shape index (κ1) is 21.5. The van der Waals surface area contributed by atoms with Crippen molar-refractivity contribution in [2.24, 2.45) is 0 Å². The van der Waals surface area contributed by atoms with Crippen molar-refractivity contribution in [3.63, 3.8) is 0 Å². The van der Waals surface area contributed by atoms with Crippen LogP contribution in [0.1, 0.15) is 16.7 Å². The molecular weight excluding hydrogens is 401 g/mol. The molecule has 1 N–H and O–H groups in total. The minimum absolute atomic E-state index is 0.276. The summed E-state index contributed by atoms with van der Waals surface area (Å²) in [6.45, 7) is 2.61. The second-order valence-corrected chi connectivity index (χ2v) is 6.23. The van der Waals surface area contributed by atoms with Crippen molar-refractivity contribution in [2.75, 3.05) is 18.5 Å². The molecule has 28 heavy (non-hydrogen) atoms. The standard InChI is InChI=1S/C18H16ClF3N2O4/c1-10-3-4-11(2)14(5-10)27-9-16(26)28-8-15(25)24-17-13(19)6-12(7-23-17)18(20,21)22/h3-7H,8-9H2,1-2H3,(H,23,24,25). The number of aromatic nitrogens is 1. The number of carbonyl (C=O) groups is 2. The number of ether oxygens (including phenoxy) is 2. The van der Waals surface area contributed by atoms with Crippen LogP contribution in [0.5, 0.6) is 5.75 Å². The second kappa shape index (κ2) is 8.92. The molecule has 1 amide bonds. The summed E-state index contributed by atoms with van der Waals surface area (Å²) in [5, 5.41) is 1.77. The molecule has 0 saturated heterocycles. The highest BCUT2D eigenvalue weighted by atomic mass is 35.5. The molecule has 0 spiro atoms. The Morgan fingerprint density at radius 2 is 1.89 bits per heavy atom. The third kappa shape index (κ3) is 6.12. The summed E-state index contributed by atoms with van der Waals surface area (Å²) in [5.74, 6) is -1.36. The first-order chi connectivity index (χ1) is 13.1. The van der Waals surface area contributed by atoms with E-state index in [1.165, 1.54) is 0 Å². The molecule has 0 aliphatic rings. The molecule has 2 aromatic rings. The van der Waals surface area contributed by atoms with Gasteiger partial charge in [0.05, 0.1) is 10.6 Å². The summed E-state index contributed by atoms with van der Waals surface area (Å²) in [6.07, 6.45) is -4.07. The maximum atomic E-state index is 12.6. The number of esters is 1. The Labute approximate surface area is 163 Å². The average molecular weight is 417 g/mol. The van der Waals surface area contributed by atoms with Gasteiger partial charge >= 0.3 is 12.1 Å². The van der Waals surface area contributed by atoms with E-state index in [4.69, 9.17) is 21.1 Å². The number of halogens is 4. The lowest BCUT2D eigenvalue weighted by Gasteiger charge is -2.11. The molecule has 6 nitrogen and oxygen atoms in total. The lowest BCUT2D eigenvalue weighted by Crippen LogP contribution is -2.24. The van der Waals surface area contributed by atoms with Crippen molar-refractivity contribution in [3.8, 4) is 5.75 Å². The van der Waals surface area contributed by atoms with E-state index >= 15 is 0 Å². The Morgan fingerprint density at radius 3 is 2.54 bits per heavy atom. The van der Waals surface area contributed by atoms with Crippen LogP contribution in [0, 0.1) is 13.8 Å². The molecule has 10 heteroatoms. The summed E-state index contributed by atoms with van der Waals surface area (Å²) in [4.78, 5) is 26.9. The zero-order chi connectivity index (χ0) is 20.9. The molecule has 1 heterocycles. The fraction of sp³-hybridized carbons (Fsp3) is 0.278. The molecule has 1 aromatic carbocycles. The van der Waals surface area contributed by atoms with Crippen LogP contribution in [0.25, 0.3) is 0 Å². The number of nitrogens with zero attached hydrogens (tertiary/aromatic N) is 1. The Morgan fingerprint density at radius 1 is 1.18 bits per heavy atom. The first-order valence-electron chi connectivity index (χ1n) is 7.94. The minimum atomic E-state index is -4.61. The van der Waals surface area contributed by atoms with Crippen LogP contribution in [-0.4, -0.2) is 30.1 Å². The van der Waals surface area contributed by atoms with Crippen LogP contribution in [-0.2, 0) is 20.5 Å². The molecule has 2 rings (SSSR count). The van der Waals surface area contributed by atoms with Gasteiger partial charge in [-0.1, -0.05) is 23.7 Å². The molecule has 0 saturated carbocycles. The van der Waals surface area contributed by atoms with E-state index in [9.17, 15) is 22.8 Å². The largest absolute Gasteiger partial charge is 0.482 e. The number of alkyl halides is 3. The van der Waals surface area contributed by atoms with Crippen LogP contribution in [0.2, 0.25) is 5.02 Å². The van der Waals surface area contributed by atoms with Crippen molar-refractivity contribution in [1.29, 1.82) is 0 Å². The normalized spacial score (nSPS) is 11.1. The van der Waals surface area contributed by atoms with Gasteiger partial charge in [-0.3, -0.25) is 4.79 Å². The number of hydrogen-bond donors (Lipinski definition) is 1. The van der Waals surface area contributed by atoms with Gasteiger partial charge in [0.1, 0.15) is 5.75 Å². The molecule has 150 valence electrons. The zero-order valence-electron chi connectivity index (χ0n) is 14.9. The third-order valence-corrected chi connectivity index (χ3v) is 3.77. The average Bonchev–Trinajstić information content (AvgIpc) is 2.61. The maximum Gasteiger partial charge on any atom is 0.417 e. The highest BCUT2D eigenvalue weighted by molar-refractivity contribution is 6.33. The molecule has 0 atom stereocenters. The molecular formula is C18H16ClF3N2O4.